The van der Waals surface area contributed by atoms with Crippen molar-refractivity contribution in [2.45, 2.75) is 4.90 Å². The molecule has 5 nitrogen and oxygen atoms in total. The van der Waals surface area contributed by atoms with E-state index in [0.29, 0.717) is 0 Å². The summed E-state index contributed by atoms with van der Waals surface area (Å²) in [5, 5.41) is 0. The first kappa shape index (κ1) is 11.3. The van der Waals surface area contributed by atoms with Gasteiger partial charge in [-0.25, -0.2) is 12.8 Å². The lowest BCUT2D eigenvalue weighted by Crippen LogP contribution is -2.01. The Morgan fingerprint density at radius 2 is 2.19 bits per heavy atom. The van der Waals surface area contributed by atoms with Gasteiger partial charge in [0.1, 0.15) is 0 Å². The Morgan fingerprint density at radius 1 is 1.50 bits per heavy atom. The summed E-state index contributed by atoms with van der Waals surface area (Å²) in [6, 6.07) is 0.979. The van der Waals surface area contributed by atoms with Gasteiger partial charge in [-0.2, -0.15) is 0 Å². The molecular weight excluding hydrogens is 263 g/mol. The number of halogens is 2. The highest BCUT2D eigenvalue weighted by Gasteiger charge is 2.32. The number of rotatable bonds is 2. The Labute approximate surface area is 95.1 Å². The molecule has 2 rings (SSSR count). The van der Waals surface area contributed by atoms with E-state index in [1.807, 2.05) is 0 Å². The van der Waals surface area contributed by atoms with E-state index >= 15 is 0 Å². The van der Waals surface area contributed by atoms with Gasteiger partial charge in [-0.3, -0.25) is 0 Å². The zero-order valence-corrected chi connectivity index (χ0v) is 9.56. The van der Waals surface area contributed by atoms with Crippen LogP contribution in [0.1, 0.15) is 0 Å². The molecule has 0 N–H and O–H groups in total. The lowest BCUT2D eigenvalue weighted by atomic mass is 10.3. The van der Waals surface area contributed by atoms with Gasteiger partial charge in [0.2, 0.25) is 6.79 Å². The van der Waals surface area contributed by atoms with E-state index in [1.165, 1.54) is 0 Å². The van der Waals surface area contributed by atoms with Crippen molar-refractivity contribution in [1.82, 2.24) is 0 Å². The van der Waals surface area contributed by atoms with E-state index in [0.717, 1.165) is 13.2 Å². The minimum atomic E-state index is -4.19. The summed E-state index contributed by atoms with van der Waals surface area (Å²) in [5.74, 6) is -1.52. The lowest BCUT2D eigenvalue weighted by molar-refractivity contribution is 0.171. The van der Waals surface area contributed by atoms with Crippen LogP contribution in [0.5, 0.6) is 17.2 Å². The van der Waals surface area contributed by atoms with E-state index in [4.69, 9.17) is 20.2 Å². The molecule has 1 aromatic carbocycles. The number of fused-ring (bicyclic) bond motifs is 1. The van der Waals surface area contributed by atoms with Crippen LogP contribution in [-0.4, -0.2) is 22.3 Å². The van der Waals surface area contributed by atoms with Gasteiger partial charge in [0, 0.05) is 16.7 Å². The molecule has 0 saturated heterocycles. The summed E-state index contributed by atoms with van der Waals surface area (Å²) in [5.41, 5.74) is 0. The van der Waals surface area contributed by atoms with Crippen LogP contribution in [0.25, 0.3) is 0 Å². The van der Waals surface area contributed by atoms with E-state index in [1.54, 1.807) is 0 Å². The molecule has 0 spiro atoms. The average molecular weight is 269 g/mol. The fourth-order valence-electron chi connectivity index (χ4n) is 1.38. The molecule has 0 radical (unpaired) electrons. The Balaban J connectivity index is 2.82. The summed E-state index contributed by atoms with van der Waals surface area (Å²) in [6.45, 7) is -0.193. The van der Waals surface area contributed by atoms with E-state index in [9.17, 15) is 12.8 Å². The van der Waals surface area contributed by atoms with Crippen molar-refractivity contribution in [3.63, 3.8) is 0 Å². The summed E-state index contributed by atoms with van der Waals surface area (Å²) >= 11 is 0. The first-order valence-corrected chi connectivity index (χ1v) is 6.37. The Bertz CT molecular complexity index is 538. The predicted molar refractivity (Wildman–Crippen MR) is 52.1 cm³/mol. The van der Waals surface area contributed by atoms with Crippen molar-refractivity contribution in [2.24, 2.45) is 0 Å². The van der Waals surface area contributed by atoms with Crippen LogP contribution in [0, 0.1) is 5.82 Å². The molecule has 1 heterocycles. The quantitative estimate of drug-likeness (QED) is 0.761. The molecule has 0 atom stereocenters. The number of methoxy groups -OCH3 is 1. The molecule has 0 aromatic heterocycles. The first-order chi connectivity index (χ1) is 7.45. The standard InChI is InChI=1S/C8H6ClFO5S/c1-13-6-4(10)2-5-7(15-3-14-5)8(6)16(9,11)12/h2H,3H2,1H3. The van der Waals surface area contributed by atoms with Crippen LogP contribution in [0.4, 0.5) is 4.39 Å². The second-order valence-electron chi connectivity index (χ2n) is 2.89. The fraction of sp³-hybridized carbons (Fsp3) is 0.250. The van der Waals surface area contributed by atoms with Gasteiger partial charge in [0.05, 0.1) is 7.11 Å². The topological polar surface area (TPSA) is 61.8 Å². The summed E-state index contributed by atoms with van der Waals surface area (Å²) < 4.78 is 50.5. The molecule has 0 unspecified atom stereocenters. The van der Waals surface area contributed by atoms with Crippen molar-refractivity contribution < 1.29 is 27.0 Å². The molecule has 88 valence electrons. The van der Waals surface area contributed by atoms with Crippen LogP contribution in [0.15, 0.2) is 11.0 Å². The zero-order chi connectivity index (χ0) is 11.9. The lowest BCUT2D eigenvalue weighted by Gasteiger charge is -2.09. The van der Waals surface area contributed by atoms with E-state index in [-0.39, 0.29) is 18.3 Å². The Morgan fingerprint density at radius 3 is 2.75 bits per heavy atom. The third-order valence-electron chi connectivity index (χ3n) is 1.98. The highest BCUT2D eigenvalue weighted by atomic mass is 35.7. The van der Waals surface area contributed by atoms with Crippen molar-refractivity contribution in [1.29, 1.82) is 0 Å². The highest BCUT2D eigenvalue weighted by Crippen LogP contribution is 2.46. The molecule has 0 amide bonds. The molecule has 0 fully saturated rings. The highest BCUT2D eigenvalue weighted by molar-refractivity contribution is 8.14. The molecule has 1 aliphatic heterocycles. The summed E-state index contributed by atoms with van der Waals surface area (Å²) in [4.78, 5) is -0.552. The van der Waals surface area contributed by atoms with Crippen molar-refractivity contribution in [3.8, 4) is 17.2 Å². The van der Waals surface area contributed by atoms with E-state index < -0.39 is 25.5 Å². The average Bonchev–Trinajstić information content (AvgIpc) is 2.60. The van der Waals surface area contributed by atoms with Gasteiger partial charge in [-0.05, 0) is 0 Å². The monoisotopic (exact) mass is 268 g/mol. The molecule has 0 saturated carbocycles. The van der Waals surface area contributed by atoms with E-state index in [2.05, 4.69) is 4.74 Å². The molecule has 1 aliphatic rings. The van der Waals surface area contributed by atoms with Gasteiger partial charge in [0.25, 0.3) is 9.05 Å². The molecule has 0 aliphatic carbocycles. The molecule has 8 heteroatoms. The molecular formula is C8H6ClFO5S. The van der Waals surface area contributed by atoms with Crippen molar-refractivity contribution >= 4 is 19.7 Å². The van der Waals surface area contributed by atoms with Gasteiger partial charge in [0.15, 0.2) is 28.0 Å². The Hall–Kier alpha value is -1.21. The SMILES string of the molecule is COc1c(F)cc2c(c1S(=O)(=O)Cl)OCO2. The first-order valence-electron chi connectivity index (χ1n) is 4.06. The second-order valence-corrected chi connectivity index (χ2v) is 5.40. The maximum absolute atomic E-state index is 13.5. The minimum Gasteiger partial charge on any atom is -0.492 e. The van der Waals surface area contributed by atoms with Crippen LogP contribution >= 0.6 is 10.7 Å². The smallest absolute Gasteiger partial charge is 0.268 e. The third kappa shape index (κ3) is 1.65. The molecule has 0 bridgehead atoms. The maximum Gasteiger partial charge on any atom is 0.268 e. The number of ether oxygens (including phenoxy) is 3. The Kier molecular flexibility index (Phi) is 2.59. The molecule has 16 heavy (non-hydrogen) atoms. The van der Waals surface area contributed by atoms with Crippen LogP contribution in [0.2, 0.25) is 0 Å². The zero-order valence-electron chi connectivity index (χ0n) is 7.99. The van der Waals surface area contributed by atoms with Crippen molar-refractivity contribution in [3.05, 3.63) is 11.9 Å². The normalized spacial score (nSPS) is 13.9. The number of benzene rings is 1. The largest absolute Gasteiger partial charge is 0.492 e. The number of hydrogen-bond donors (Lipinski definition) is 0. The van der Waals surface area contributed by atoms with Crippen LogP contribution in [0.3, 0.4) is 0 Å². The van der Waals surface area contributed by atoms with Gasteiger partial charge < -0.3 is 14.2 Å². The van der Waals surface area contributed by atoms with Crippen molar-refractivity contribution in [2.75, 3.05) is 13.9 Å². The predicted octanol–water partition coefficient (Wildman–Crippen LogP) is 1.49. The maximum atomic E-state index is 13.5. The third-order valence-corrected chi connectivity index (χ3v) is 3.30. The van der Waals surface area contributed by atoms with Gasteiger partial charge in [-0.1, -0.05) is 0 Å². The minimum absolute atomic E-state index is 0.0162. The van der Waals surface area contributed by atoms with Crippen LogP contribution in [-0.2, 0) is 9.05 Å². The van der Waals surface area contributed by atoms with Gasteiger partial charge in [-0.15, -0.1) is 0 Å². The summed E-state index contributed by atoms with van der Waals surface area (Å²) in [7, 11) is 2.13. The molecule has 1 aromatic rings. The van der Waals surface area contributed by atoms with Crippen LogP contribution < -0.4 is 14.2 Å². The second kappa shape index (κ2) is 3.67. The van der Waals surface area contributed by atoms with Gasteiger partial charge >= 0.3 is 0 Å². The summed E-state index contributed by atoms with van der Waals surface area (Å²) in [6.07, 6.45) is 0. The number of hydrogen-bond acceptors (Lipinski definition) is 5. The fourth-order valence-corrected chi connectivity index (χ4v) is 2.58.